The molecular weight excluding hydrogens is 254 g/mol. The number of nitrogens with zero attached hydrogens (tertiary/aromatic N) is 3. The first-order chi connectivity index (χ1) is 6.16. The van der Waals surface area contributed by atoms with Crippen molar-refractivity contribution in [2.75, 3.05) is 12.4 Å². The Kier molecular flexibility index (Phi) is 3.80. The van der Waals surface area contributed by atoms with E-state index in [4.69, 9.17) is 0 Å². The molecule has 1 rings (SSSR count). The molecule has 0 fully saturated rings. The fourth-order valence-corrected chi connectivity index (χ4v) is 1.67. The minimum atomic E-state index is -0.0260. The fraction of sp³-hybridized carbons (Fsp3) is 0.571. The summed E-state index contributed by atoms with van der Waals surface area (Å²) >= 11 is 4.44. The Labute approximate surface area is 89.2 Å². The molecule has 0 aromatic carbocycles. The summed E-state index contributed by atoms with van der Waals surface area (Å²) in [5, 5.41) is 4.39. The van der Waals surface area contributed by atoms with Gasteiger partial charge in [0.15, 0.2) is 0 Å². The van der Waals surface area contributed by atoms with Crippen LogP contribution in [0.5, 0.6) is 0 Å². The Morgan fingerprint density at radius 3 is 3.00 bits per heavy atom. The van der Waals surface area contributed by atoms with E-state index < -0.39 is 0 Å². The van der Waals surface area contributed by atoms with Crippen molar-refractivity contribution in [3.8, 4) is 0 Å². The van der Waals surface area contributed by atoms with Gasteiger partial charge in [-0.2, -0.15) is 0 Å². The first-order valence-electron chi connectivity index (χ1n) is 3.77. The van der Waals surface area contributed by atoms with Crippen LogP contribution >= 0.6 is 27.5 Å². The van der Waals surface area contributed by atoms with Gasteiger partial charge in [0, 0.05) is 18.4 Å². The lowest BCUT2D eigenvalue weighted by Crippen LogP contribution is -2.35. The van der Waals surface area contributed by atoms with Gasteiger partial charge < -0.3 is 4.90 Å². The number of alkyl halides is 1. The van der Waals surface area contributed by atoms with Gasteiger partial charge in [0.05, 0.1) is 6.20 Å². The maximum atomic E-state index is 11.6. The fourth-order valence-electron chi connectivity index (χ4n) is 0.739. The summed E-state index contributed by atoms with van der Waals surface area (Å²) in [7, 11) is 1.77. The molecule has 0 aliphatic heterocycles. The lowest BCUT2D eigenvalue weighted by molar-refractivity contribution is 0.0763. The molecule has 1 heterocycles. The Balaban J connectivity index is 2.68. The third-order valence-electron chi connectivity index (χ3n) is 1.78. The molecule has 0 spiro atoms. The van der Waals surface area contributed by atoms with Crippen molar-refractivity contribution in [1.29, 1.82) is 0 Å². The van der Waals surface area contributed by atoms with E-state index in [1.165, 1.54) is 6.20 Å². The van der Waals surface area contributed by atoms with E-state index in [1.54, 1.807) is 11.9 Å². The molecule has 13 heavy (non-hydrogen) atoms. The molecule has 72 valence electrons. The highest BCUT2D eigenvalue weighted by molar-refractivity contribution is 9.09. The molecule has 0 radical (unpaired) electrons. The maximum Gasteiger partial charge on any atom is 0.267 e. The highest BCUT2D eigenvalue weighted by atomic mass is 79.9. The van der Waals surface area contributed by atoms with Gasteiger partial charge in [0.2, 0.25) is 0 Å². The van der Waals surface area contributed by atoms with Crippen LogP contribution in [0.1, 0.15) is 16.6 Å². The lowest BCUT2D eigenvalue weighted by Gasteiger charge is -2.21. The van der Waals surface area contributed by atoms with Crippen molar-refractivity contribution in [3.63, 3.8) is 0 Å². The van der Waals surface area contributed by atoms with Crippen molar-refractivity contribution in [2.24, 2.45) is 0 Å². The van der Waals surface area contributed by atoms with E-state index in [9.17, 15) is 4.79 Å². The molecule has 0 bridgehead atoms. The number of hydrogen-bond acceptors (Lipinski definition) is 4. The highest BCUT2D eigenvalue weighted by Gasteiger charge is 2.17. The summed E-state index contributed by atoms with van der Waals surface area (Å²) in [6.45, 7) is 1.97. The predicted octanol–water partition coefficient (Wildman–Crippen LogP) is 1.39. The predicted molar refractivity (Wildman–Crippen MR) is 55.3 cm³/mol. The molecule has 1 atom stereocenters. The van der Waals surface area contributed by atoms with E-state index in [0.29, 0.717) is 4.88 Å². The molecule has 1 unspecified atom stereocenters. The second kappa shape index (κ2) is 4.66. The summed E-state index contributed by atoms with van der Waals surface area (Å²) < 4.78 is 3.64. The summed E-state index contributed by atoms with van der Waals surface area (Å²) in [4.78, 5) is 13.9. The summed E-state index contributed by atoms with van der Waals surface area (Å²) in [6.07, 6.45) is 1.49. The zero-order chi connectivity index (χ0) is 9.84. The molecule has 0 saturated heterocycles. The third-order valence-corrected chi connectivity index (χ3v) is 3.37. The highest BCUT2D eigenvalue weighted by Crippen LogP contribution is 2.09. The number of carbonyl (C=O) groups is 1. The van der Waals surface area contributed by atoms with E-state index in [0.717, 1.165) is 16.9 Å². The molecule has 0 N–H and O–H groups in total. The van der Waals surface area contributed by atoms with Crippen LogP contribution in [-0.4, -0.2) is 38.8 Å². The first-order valence-corrected chi connectivity index (χ1v) is 5.66. The number of aromatic nitrogens is 2. The van der Waals surface area contributed by atoms with Crippen LogP contribution < -0.4 is 0 Å². The van der Waals surface area contributed by atoms with E-state index in [-0.39, 0.29) is 11.9 Å². The van der Waals surface area contributed by atoms with Crippen LogP contribution in [0.2, 0.25) is 0 Å². The third kappa shape index (κ3) is 2.47. The summed E-state index contributed by atoms with van der Waals surface area (Å²) in [5.74, 6) is -0.0260. The minimum Gasteiger partial charge on any atom is -0.337 e. The Hall–Kier alpha value is -0.490. The van der Waals surface area contributed by atoms with Crippen LogP contribution in [0, 0.1) is 0 Å². The standard InChI is InChI=1S/C7H10BrN3OS/c1-5(3-8)11(2)7(12)6-4-9-10-13-6/h4-5H,3H2,1-2H3. The Morgan fingerprint density at radius 1 is 1.85 bits per heavy atom. The Morgan fingerprint density at radius 2 is 2.54 bits per heavy atom. The number of rotatable bonds is 3. The molecule has 1 amide bonds. The van der Waals surface area contributed by atoms with Crippen LogP contribution in [-0.2, 0) is 0 Å². The van der Waals surface area contributed by atoms with E-state index >= 15 is 0 Å². The molecule has 6 heteroatoms. The average Bonchev–Trinajstić information content (AvgIpc) is 2.67. The molecule has 1 aromatic rings. The molecular formula is C7H10BrN3OS. The zero-order valence-corrected chi connectivity index (χ0v) is 9.80. The van der Waals surface area contributed by atoms with Crippen LogP contribution in [0.4, 0.5) is 0 Å². The normalized spacial score (nSPS) is 12.5. The Bertz CT molecular complexity index is 277. The molecule has 1 aromatic heterocycles. The van der Waals surface area contributed by atoms with Crippen LogP contribution in [0.15, 0.2) is 6.20 Å². The topological polar surface area (TPSA) is 46.1 Å². The zero-order valence-electron chi connectivity index (χ0n) is 7.40. The van der Waals surface area contributed by atoms with Crippen molar-refractivity contribution in [3.05, 3.63) is 11.1 Å². The minimum absolute atomic E-state index is 0.0260. The van der Waals surface area contributed by atoms with Crippen molar-refractivity contribution >= 4 is 33.4 Å². The number of halogens is 1. The number of hydrogen-bond donors (Lipinski definition) is 0. The van der Waals surface area contributed by atoms with Gasteiger partial charge in [-0.1, -0.05) is 20.4 Å². The summed E-state index contributed by atoms with van der Waals surface area (Å²) in [6, 6.07) is 0.176. The van der Waals surface area contributed by atoms with Crippen molar-refractivity contribution in [1.82, 2.24) is 14.5 Å². The second-order valence-electron chi connectivity index (χ2n) is 2.70. The quantitative estimate of drug-likeness (QED) is 0.775. The van der Waals surface area contributed by atoms with Crippen LogP contribution in [0.25, 0.3) is 0 Å². The first kappa shape index (κ1) is 10.6. The monoisotopic (exact) mass is 263 g/mol. The maximum absolute atomic E-state index is 11.6. The van der Waals surface area contributed by atoms with Gasteiger partial charge in [-0.3, -0.25) is 4.79 Å². The molecule has 0 saturated carbocycles. The van der Waals surface area contributed by atoms with Gasteiger partial charge in [-0.05, 0) is 18.5 Å². The van der Waals surface area contributed by atoms with Gasteiger partial charge in [0.25, 0.3) is 5.91 Å². The van der Waals surface area contributed by atoms with E-state index in [1.807, 2.05) is 6.92 Å². The van der Waals surface area contributed by atoms with E-state index in [2.05, 4.69) is 25.5 Å². The smallest absolute Gasteiger partial charge is 0.267 e. The van der Waals surface area contributed by atoms with Gasteiger partial charge >= 0.3 is 0 Å². The van der Waals surface area contributed by atoms with Crippen molar-refractivity contribution < 1.29 is 4.79 Å². The molecule has 0 aliphatic carbocycles. The van der Waals surface area contributed by atoms with Crippen LogP contribution in [0.3, 0.4) is 0 Å². The van der Waals surface area contributed by atoms with Crippen molar-refractivity contribution in [2.45, 2.75) is 13.0 Å². The number of amides is 1. The van der Waals surface area contributed by atoms with Gasteiger partial charge in [-0.15, -0.1) is 5.10 Å². The second-order valence-corrected chi connectivity index (χ2v) is 4.13. The summed E-state index contributed by atoms with van der Waals surface area (Å²) in [5.41, 5.74) is 0. The van der Waals surface area contributed by atoms with Gasteiger partial charge in [0.1, 0.15) is 4.88 Å². The molecule has 4 nitrogen and oxygen atoms in total. The average molecular weight is 264 g/mol. The number of carbonyl (C=O) groups excluding carboxylic acids is 1. The van der Waals surface area contributed by atoms with Gasteiger partial charge in [-0.25, -0.2) is 0 Å². The SMILES string of the molecule is CC(CBr)N(C)C(=O)c1cnns1. The largest absolute Gasteiger partial charge is 0.337 e. The lowest BCUT2D eigenvalue weighted by atomic mass is 10.3. The molecule has 0 aliphatic rings.